The summed E-state index contributed by atoms with van der Waals surface area (Å²) >= 11 is 0. The van der Waals surface area contributed by atoms with E-state index in [0.717, 1.165) is 0 Å². The Morgan fingerprint density at radius 1 is 1.00 bits per heavy atom. The van der Waals surface area contributed by atoms with Gasteiger partial charge in [-0.3, -0.25) is 14.9 Å². The van der Waals surface area contributed by atoms with Crippen LogP contribution in [0.25, 0.3) is 0 Å². The number of hydrogen-bond acceptors (Lipinski definition) is 6. The molecule has 0 atom stereocenters. The molecule has 0 aliphatic rings. The van der Waals surface area contributed by atoms with Crippen molar-refractivity contribution in [3.05, 3.63) is 57.1 Å². The topological polar surface area (TPSA) is 87.9 Å². The zero-order valence-corrected chi connectivity index (χ0v) is 13.9. The van der Waals surface area contributed by atoms with Crippen molar-refractivity contribution in [1.29, 1.82) is 0 Å². The van der Waals surface area contributed by atoms with Crippen LogP contribution >= 0.6 is 0 Å². The zero-order valence-electron chi connectivity index (χ0n) is 13.9. The Morgan fingerprint density at radius 3 is 2.12 bits per heavy atom. The molecule has 0 N–H and O–H groups in total. The molecular weight excluding hydrogens is 326 g/mol. The molecule has 128 valence electrons. The molecule has 0 fully saturated rings. The smallest absolute Gasteiger partial charge is 0.288 e. The van der Waals surface area contributed by atoms with E-state index >= 15 is 0 Å². The lowest BCUT2D eigenvalue weighted by Crippen LogP contribution is -1.97. The first-order chi connectivity index (χ1) is 12.0. The van der Waals surface area contributed by atoms with Gasteiger partial charge in [0.15, 0.2) is 6.29 Å². The van der Waals surface area contributed by atoms with Gasteiger partial charge >= 0.3 is 0 Å². The molecule has 0 spiro atoms. The van der Waals surface area contributed by atoms with Crippen LogP contribution in [-0.2, 0) is 0 Å². The van der Waals surface area contributed by atoms with Crippen molar-refractivity contribution < 1.29 is 23.9 Å². The number of ether oxygens (including phenoxy) is 3. The predicted octanol–water partition coefficient (Wildman–Crippen LogP) is 2.83. The van der Waals surface area contributed by atoms with E-state index < -0.39 is 4.92 Å². The van der Waals surface area contributed by atoms with Crippen molar-refractivity contribution >= 4 is 12.0 Å². The van der Waals surface area contributed by atoms with Gasteiger partial charge < -0.3 is 14.2 Å². The molecule has 0 unspecified atom stereocenters. The fourth-order valence-electron chi connectivity index (χ4n) is 2.16. The molecule has 7 heteroatoms. The van der Waals surface area contributed by atoms with Crippen LogP contribution in [0.15, 0.2) is 30.3 Å². The SMILES string of the molecule is COc1ccc(C#Cc2cc(OC)c(C=O)c(OC)c2)c([N+](=O)[O-])c1. The summed E-state index contributed by atoms with van der Waals surface area (Å²) < 4.78 is 15.3. The summed E-state index contributed by atoms with van der Waals surface area (Å²) in [5.41, 5.74) is 0.842. The maximum Gasteiger partial charge on any atom is 0.288 e. The molecule has 2 rings (SSSR count). The number of benzene rings is 2. The van der Waals surface area contributed by atoms with Gasteiger partial charge in [-0.05, 0) is 24.3 Å². The quantitative estimate of drug-likeness (QED) is 0.360. The van der Waals surface area contributed by atoms with Crippen molar-refractivity contribution in [2.75, 3.05) is 21.3 Å². The largest absolute Gasteiger partial charge is 0.497 e. The van der Waals surface area contributed by atoms with E-state index in [9.17, 15) is 14.9 Å². The molecule has 2 aromatic rings. The van der Waals surface area contributed by atoms with Gasteiger partial charge in [0, 0.05) is 5.56 Å². The average Bonchev–Trinajstić information content (AvgIpc) is 2.64. The van der Waals surface area contributed by atoms with Crippen molar-refractivity contribution in [3.63, 3.8) is 0 Å². The van der Waals surface area contributed by atoms with Gasteiger partial charge in [0.2, 0.25) is 0 Å². The fourth-order valence-corrected chi connectivity index (χ4v) is 2.16. The lowest BCUT2D eigenvalue weighted by atomic mass is 10.1. The molecule has 0 aromatic heterocycles. The summed E-state index contributed by atoms with van der Waals surface area (Å²) in [7, 11) is 4.28. The van der Waals surface area contributed by atoms with E-state index in [1.54, 1.807) is 18.2 Å². The minimum atomic E-state index is -0.525. The number of nitrogens with zero attached hydrogens (tertiary/aromatic N) is 1. The van der Waals surface area contributed by atoms with Crippen molar-refractivity contribution in [2.24, 2.45) is 0 Å². The number of nitro groups is 1. The van der Waals surface area contributed by atoms with Crippen LogP contribution in [0.5, 0.6) is 17.2 Å². The van der Waals surface area contributed by atoms with Crippen LogP contribution in [0.1, 0.15) is 21.5 Å². The van der Waals surface area contributed by atoms with E-state index in [1.807, 2.05) is 0 Å². The molecule has 0 bridgehead atoms. The minimum Gasteiger partial charge on any atom is -0.497 e. The van der Waals surface area contributed by atoms with Crippen molar-refractivity contribution in [2.45, 2.75) is 0 Å². The summed E-state index contributed by atoms with van der Waals surface area (Å²) in [6.07, 6.45) is 0.628. The van der Waals surface area contributed by atoms with E-state index in [4.69, 9.17) is 14.2 Å². The normalized spacial score (nSPS) is 9.56. The van der Waals surface area contributed by atoms with Crippen LogP contribution < -0.4 is 14.2 Å². The maximum atomic E-state index is 11.2. The van der Waals surface area contributed by atoms with Gasteiger partial charge in [-0.25, -0.2) is 0 Å². The molecule has 0 aliphatic heterocycles. The lowest BCUT2D eigenvalue weighted by molar-refractivity contribution is -0.385. The Labute approximate surface area is 144 Å². The average molecular weight is 341 g/mol. The Hall–Kier alpha value is -3.53. The van der Waals surface area contributed by atoms with Crippen LogP contribution in [-0.4, -0.2) is 32.5 Å². The molecule has 0 saturated carbocycles. The van der Waals surface area contributed by atoms with Gasteiger partial charge in [-0.1, -0.05) is 11.8 Å². The van der Waals surface area contributed by atoms with Gasteiger partial charge in [0.05, 0.1) is 37.9 Å². The molecule has 0 amide bonds. The Bertz CT molecular complexity index is 854. The second kappa shape index (κ2) is 7.84. The molecule has 0 aliphatic carbocycles. The van der Waals surface area contributed by atoms with Crippen molar-refractivity contribution in [3.8, 4) is 29.1 Å². The van der Waals surface area contributed by atoms with Crippen LogP contribution in [0, 0.1) is 22.0 Å². The number of hydrogen-bond donors (Lipinski definition) is 0. The third-order valence-corrected chi connectivity index (χ3v) is 3.40. The number of aldehydes is 1. The van der Waals surface area contributed by atoms with Crippen LogP contribution in [0.3, 0.4) is 0 Å². The maximum absolute atomic E-state index is 11.2. The molecule has 0 saturated heterocycles. The Morgan fingerprint density at radius 2 is 1.64 bits per heavy atom. The van der Waals surface area contributed by atoms with Gasteiger partial charge in [0.25, 0.3) is 5.69 Å². The monoisotopic (exact) mass is 341 g/mol. The van der Waals surface area contributed by atoms with E-state index in [2.05, 4.69) is 11.8 Å². The highest BCUT2D eigenvalue weighted by molar-refractivity contribution is 5.84. The molecular formula is C18H15NO6. The summed E-state index contributed by atoms with van der Waals surface area (Å²) in [5.74, 6) is 6.57. The molecule has 0 heterocycles. The number of carbonyl (C=O) groups is 1. The minimum absolute atomic E-state index is 0.157. The summed E-state index contributed by atoms with van der Waals surface area (Å²) in [6.45, 7) is 0. The summed E-state index contributed by atoms with van der Waals surface area (Å²) in [5, 5.41) is 11.2. The summed E-state index contributed by atoms with van der Waals surface area (Å²) in [6, 6.07) is 7.54. The second-order valence-electron chi connectivity index (χ2n) is 4.80. The molecule has 0 radical (unpaired) electrons. The van der Waals surface area contributed by atoms with Crippen molar-refractivity contribution in [1.82, 2.24) is 0 Å². The number of carbonyl (C=O) groups excluding carboxylic acids is 1. The van der Waals surface area contributed by atoms with E-state index in [1.165, 1.54) is 33.5 Å². The highest BCUT2D eigenvalue weighted by atomic mass is 16.6. The first-order valence-electron chi connectivity index (χ1n) is 7.09. The van der Waals surface area contributed by atoms with E-state index in [-0.39, 0.29) is 16.8 Å². The highest BCUT2D eigenvalue weighted by Crippen LogP contribution is 2.29. The summed E-state index contributed by atoms with van der Waals surface area (Å²) in [4.78, 5) is 21.8. The van der Waals surface area contributed by atoms with Gasteiger partial charge in [-0.15, -0.1) is 0 Å². The van der Waals surface area contributed by atoms with Gasteiger partial charge in [0.1, 0.15) is 22.8 Å². The molecule has 2 aromatic carbocycles. The predicted molar refractivity (Wildman–Crippen MR) is 90.6 cm³/mol. The number of nitro benzene ring substituents is 1. The first-order valence-corrected chi connectivity index (χ1v) is 7.09. The van der Waals surface area contributed by atoms with Gasteiger partial charge in [-0.2, -0.15) is 0 Å². The Kier molecular flexibility index (Phi) is 5.58. The second-order valence-corrected chi connectivity index (χ2v) is 4.80. The number of methoxy groups -OCH3 is 3. The standard InChI is InChI=1S/C18H15NO6/c1-23-14-7-6-13(16(10-14)19(21)22)5-4-12-8-17(24-2)15(11-20)18(9-12)25-3/h6-11H,1-3H3. The molecule has 7 nitrogen and oxygen atoms in total. The first kappa shape index (κ1) is 17.8. The third kappa shape index (κ3) is 3.87. The number of rotatable bonds is 5. The fraction of sp³-hybridized carbons (Fsp3) is 0.167. The zero-order chi connectivity index (χ0) is 18.4. The third-order valence-electron chi connectivity index (χ3n) is 3.40. The Balaban J connectivity index is 2.52. The lowest BCUT2D eigenvalue weighted by Gasteiger charge is -2.09. The molecule has 25 heavy (non-hydrogen) atoms. The van der Waals surface area contributed by atoms with E-state index in [0.29, 0.717) is 29.1 Å². The van der Waals surface area contributed by atoms with Crippen LogP contribution in [0.2, 0.25) is 0 Å². The highest BCUT2D eigenvalue weighted by Gasteiger charge is 2.14. The van der Waals surface area contributed by atoms with Crippen LogP contribution in [0.4, 0.5) is 5.69 Å².